The average molecular weight is 319 g/mol. The molecule has 2 N–H and O–H groups in total. The number of hydrogen-bond donors (Lipinski definition) is 2. The van der Waals surface area contributed by atoms with Crippen LogP contribution in [-0.2, 0) is 6.54 Å². The molecule has 0 bridgehead atoms. The predicted molar refractivity (Wildman–Crippen MR) is 89.7 cm³/mol. The maximum absolute atomic E-state index is 11.1. The van der Waals surface area contributed by atoms with Crippen molar-refractivity contribution in [3.8, 4) is 0 Å². The molecule has 0 amide bonds. The number of para-hydroxylation sites is 1. The van der Waals surface area contributed by atoms with E-state index in [9.17, 15) is 10.1 Å². The Hall–Kier alpha value is -1.46. The molecule has 1 aromatic carbocycles. The molecule has 1 aromatic rings. The Balaban J connectivity index is 1.54. The van der Waals surface area contributed by atoms with Crippen LogP contribution in [0.2, 0.25) is 0 Å². The van der Waals surface area contributed by atoms with E-state index in [1.165, 1.54) is 56.5 Å². The fourth-order valence-corrected chi connectivity index (χ4v) is 4.31. The second-order valence-electron chi connectivity index (χ2n) is 7.16. The van der Waals surface area contributed by atoms with Gasteiger partial charge in [0.05, 0.1) is 42.7 Å². The Morgan fingerprint density at radius 2 is 1.65 bits per heavy atom. The summed E-state index contributed by atoms with van der Waals surface area (Å²) in [7, 11) is 0. The molecule has 2 saturated heterocycles. The number of rotatable bonds is 4. The molecule has 0 atom stereocenters. The Bertz CT molecular complexity index is 519. The molecule has 126 valence electrons. The number of nitrogens with zero attached hydrogens (tertiary/aromatic N) is 1. The number of nitrogens with one attached hydrogen (secondary N) is 2. The molecule has 0 aliphatic carbocycles. The number of piperidine rings is 1. The minimum absolute atomic E-state index is 0.247. The fourth-order valence-electron chi connectivity index (χ4n) is 4.31. The van der Waals surface area contributed by atoms with Gasteiger partial charge in [0.2, 0.25) is 0 Å². The van der Waals surface area contributed by atoms with Crippen LogP contribution >= 0.6 is 0 Å². The first-order valence-electron chi connectivity index (χ1n) is 9.14. The SMILES string of the molecule is O=[N+]([O-])c1ccccc1C[NH+]1CCC([NH+]2CCCCCC2)CC1. The van der Waals surface area contributed by atoms with Gasteiger partial charge in [-0.1, -0.05) is 12.1 Å². The van der Waals surface area contributed by atoms with Crippen LogP contribution in [0.25, 0.3) is 0 Å². The Morgan fingerprint density at radius 3 is 2.30 bits per heavy atom. The summed E-state index contributed by atoms with van der Waals surface area (Å²) >= 11 is 0. The van der Waals surface area contributed by atoms with Crippen LogP contribution in [0.3, 0.4) is 0 Å². The zero-order valence-electron chi connectivity index (χ0n) is 13.9. The summed E-state index contributed by atoms with van der Waals surface area (Å²) in [4.78, 5) is 14.2. The molecule has 23 heavy (non-hydrogen) atoms. The maximum Gasteiger partial charge on any atom is 0.278 e. The molecule has 5 nitrogen and oxygen atoms in total. The highest BCUT2D eigenvalue weighted by molar-refractivity contribution is 5.39. The van der Waals surface area contributed by atoms with E-state index in [0.717, 1.165) is 31.2 Å². The topological polar surface area (TPSA) is 52.0 Å². The van der Waals surface area contributed by atoms with Crippen molar-refractivity contribution in [2.75, 3.05) is 26.2 Å². The normalized spacial score (nSPS) is 26.6. The van der Waals surface area contributed by atoms with Crippen LogP contribution in [-0.4, -0.2) is 37.1 Å². The third kappa shape index (κ3) is 4.30. The molecule has 2 fully saturated rings. The van der Waals surface area contributed by atoms with Crippen molar-refractivity contribution in [1.29, 1.82) is 0 Å². The number of quaternary nitrogens is 2. The Morgan fingerprint density at radius 1 is 1.00 bits per heavy atom. The molecule has 2 heterocycles. The van der Waals surface area contributed by atoms with Crippen LogP contribution in [0.5, 0.6) is 0 Å². The van der Waals surface area contributed by atoms with Crippen molar-refractivity contribution in [3.05, 3.63) is 39.9 Å². The molecule has 0 aromatic heterocycles. The second-order valence-corrected chi connectivity index (χ2v) is 7.16. The summed E-state index contributed by atoms with van der Waals surface area (Å²) in [5, 5.41) is 11.1. The number of likely N-dealkylation sites (tertiary alicyclic amines) is 2. The monoisotopic (exact) mass is 319 g/mol. The van der Waals surface area contributed by atoms with Gasteiger partial charge in [0.25, 0.3) is 5.69 Å². The third-order valence-corrected chi connectivity index (χ3v) is 5.64. The van der Waals surface area contributed by atoms with Crippen LogP contribution in [0.15, 0.2) is 24.3 Å². The summed E-state index contributed by atoms with van der Waals surface area (Å²) in [6.45, 7) is 5.80. The van der Waals surface area contributed by atoms with E-state index in [4.69, 9.17) is 0 Å². The van der Waals surface area contributed by atoms with Gasteiger partial charge in [-0.25, -0.2) is 0 Å². The highest BCUT2D eigenvalue weighted by Gasteiger charge is 2.31. The largest absolute Gasteiger partial charge is 0.332 e. The summed E-state index contributed by atoms with van der Waals surface area (Å²) in [6, 6.07) is 8.03. The first-order chi connectivity index (χ1) is 11.2. The quantitative estimate of drug-likeness (QED) is 0.631. The highest BCUT2D eigenvalue weighted by atomic mass is 16.6. The predicted octanol–water partition coefficient (Wildman–Crippen LogP) is 0.601. The molecule has 0 unspecified atom stereocenters. The van der Waals surface area contributed by atoms with Crippen LogP contribution < -0.4 is 9.80 Å². The van der Waals surface area contributed by atoms with E-state index in [1.54, 1.807) is 12.1 Å². The third-order valence-electron chi connectivity index (χ3n) is 5.64. The van der Waals surface area contributed by atoms with Crippen molar-refractivity contribution in [2.24, 2.45) is 0 Å². The minimum Gasteiger partial charge on any atom is -0.332 e. The lowest BCUT2D eigenvalue weighted by atomic mass is 10.0. The van der Waals surface area contributed by atoms with E-state index < -0.39 is 0 Å². The standard InChI is InChI=1S/C18H27N3O2/c22-21(23)18-8-4-3-7-16(18)15-19-13-9-17(10-14-19)20-11-5-1-2-6-12-20/h3-4,7-8,17H,1-2,5-6,9-15H2/p+2. The summed E-state index contributed by atoms with van der Waals surface area (Å²) in [5.41, 5.74) is 1.16. The molecular weight excluding hydrogens is 290 g/mol. The van der Waals surface area contributed by atoms with E-state index >= 15 is 0 Å². The first kappa shape index (κ1) is 16.4. The van der Waals surface area contributed by atoms with Crippen LogP contribution in [0, 0.1) is 10.1 Å². The molecular formula is C18H29N3O2+2. The molecule has 5 heteroatoms. The lowest BCUT2D eigenvalue weighted by Gasteiger charge is -2.33. The number of hydrogen-bond acceptors (Lipinski definition) is 2. The summed E-state index contributed by atoms with van der Waals surface area (Å²) in [6.07, 6.45) is 8.13. The van der Waals surface area contributed by atoms with Crippen molar-refractivity contribution in [1.82, 2.24) is 0 Å². The number of nitro groups is 1. The molecule has 0 saturated carbocycles. The summed E-state index contributed by atoms with van der Waals surface area (Å²) in [5.74, 6) is 0. The van der Waals surface area contributed by atoms with Gasteiger partial charge in [-0.05, 0) is 31.7 Å². The van der Waals surface area contributed by atoms with Gasteiger partial charge in [-0.3, -0.25) is 10.1 Å². The highest BCUT2D eigenvalue weighted by Crippen LogP contribution is 2.16. The Kier molecular flexibility index (Phi) is 5.62. The lowest BCUT2D eigenvalue weighted by Crippen LogP contribution is -3.20. The zero-order valence-corrected chi connectivity index (χ0v) is 13.9. The summed E-state index contributed by atoms with van der Waals surface area (Å²) < 4.78 is 0. The minimum atomic E-state index is -0.247. The van der Waals surface area contributed by atoms with Crippen molar-refractivity contribution < 1.29 is 14.7 Å². The van der Waals surface area contributed by atoms with Gasteiger partial charge in [0.1, 0.15) is 6.54 Å². The molecule has 0 spiro atoms. The van der Waals surface area contributed by atoms with Crippen LogP contribution in [0.1, 0.15) is 44.1 Å². The smallest absolute Gasteiger partial charge is 0.278 e. The number of nitro benzene ring substituents is 1. The second kappa shape index (κ2) is 7.88. The maximum atomic E-state index is 11.1. The van der Waals surface area contributed by atoms with E-state index in [2.05, 4.69) is 0 Å². The van der Waals surface area contributed by atoms with Gasteiger partial charge < -0.3 is 9.80 Å². The van der Waals surface area contributed by atoms with Crippen LogP contribution in [0.4, 0.5) is 5.69 Å². The zero-order chi connectivity index (χ0) is 16.1. The van der Waals surface area contributed by atoms with Crippen molar-refractivity contribution in [3.63, 3.8) is 0 Å². The molecule has 0 radical (unpaired) electrons. The van der Waals surface area contributed by atoms with Gasteiger partial charge in [-0.15, -0.1) is 0 Å². The lowest BCUT2D eigenvalue weighted by molar-refractivity contribution is -0.963. The van der Waals surface area contributed by atoms with Crippen molar-refractivity contribution in [2.45, 2.75) is 51.1 Å². The molecule has 3 rings (SSSR count). The number of benzene rings is 1. The van der Waals surface area contributed by atoms with Gasteiger partial charge in [-0.2, -0.15) is 0 Å². The molecule has 2 aliphatic rings. The Labute approximate surface area is 138 Å². The molecule has 2 aliphatic heterocycles. The van der Waals surface area contributed by atoms with E-state index in [1.807, 2.05) is 17.0 Å². The van der Waals surface area contributed by atoms with Gasteiger partial charge >= 0.3 is 0 Å². The average Bonchev–Trinajstić information content (AvgIpc) is 2.85. The van der Waals surface area contributed by atoms with Gasteiger partial charge in [0, 0.05) is 18.9 Å². The first-order valence-corrected chi connectivity index (χ1v) is 9.14. The van der Waals surface area contributed by atoms with E-state index in [0.29, 0.717) is 0 Å². The van der Waals surface area contributed by atoms with Crippen molar-refractivity contribution >= 4 is 5.69 Å². The van der Waals surface area contributed by atoms with E-state index in [-0.39, 0.29) is 10.6 Å². The van der Waals surface area contributed by atoms with Gasteiger partial charge in [0.15, 0.2) is 0 Å². The fraction of sp³-hybridized carbons (Fsp3) is 0.667.